The lowest BCUT2D eigenvalue weighted by atomic mass is 10.2. The number of amides is 2. The van der Waals surface area contributed by atoms with Crippen LogP contribution in [0.2, 0.25) is 10.0 Å². The zero-order chi connectivity index (χ0) is 17.5. The molecule has 0 atom stereocenters. The summed E-state index contributed by atoms with van der Waals surface area (Å²) in [6.07, 6.45) is 0. The standard InChI is InChI=1S/C16H14Cl2F2N2O2/c17-11-2-1-10(13(18)7-11)9-22-16(23)21-5-6-24-15-4-3-12(19)8-14(15)20/h1-4,7-8H,5-6,9H2,(H2,21,22,23). The first-order valence-electron chi connectivity index (χ1n) is 6.99. The maximum Gasteiger partial charge on any atom is 0.315 e. The molecule has 0 saturated heterocycles. The number of ether oxygens (including phenoxy) is 1. The van der Waals surface area contributed by atoms with Gasteiger partial charge in [0.2, 0.25) is 0 Å². The quantitative estimate of drug-likeness (QED) is 0.746. The van der Waals surface area contributed by atoms with Gasteiger partial charge in [-0.25, -0.2) is 13.6 Å². The first kappa shape index (κ1) is 18.3. The Morgan fingerprint density at radius 1 is 1.08 bits per heavy atom. The van der Waals surface area contributed by atoms with E-state index in [1.54, 1.807) is 18.2 Å². The minimum Gasteiger partial charge on any atom is -0.489 e. The Balaban J connectivity index is 1.69. The fourth-order valence-electron chi connectivity index (χ4n) is 1.82. The molecule has 0 heterocycles. The zero-order valence-corrected chi connectivity index (χ0v) is 13.9. The van der Waals surface area contributed by atoms with E-state index in [-0.39, 0.29) is 25.4 Å². The minimum atomic E-state index is -0.795. The van der Waals surface area contributed by atoms with Crippen molar-refractivity contribution in [2.45, 2.75) is 6.54 Å². The van der Waals surface area contributed by atoms with E-state index >= 15 is 0 Å². The average Bonchev–Trinajstić information content (AvgIpc) is 2.52. The zero-order valence-electron chi connectivity index (χ0n) is 12.4. The molecule has 128 valence electrons. The Morgan fingerprint density at radius 3 is 2.58 bits per heavy atom. The number of hydrogen-bond donors (Lipinski definition) is 2. The number of benzene rings is 2. The van der Waals surface area contributed by atoms with Crippen molar-refractivity contribution < 1.29 is 18.3 Å². The van der Waals surface area contributed by atoms with Gasteiger partial charge in [0, 0.05) is 22.7 Å². The number of urea groups is 1. The van der Waals surface area contributed by atoms with Crippen LogP contribution in [-0.2, 0) is 6.54 Å². The Morgan fingerprint density at radius 2 is 1.88 bits per heavy atom. The van der Waals surface area contributed by atoms with Crippen LogP contribution in [0, 0.1) is 11.6 Å². The van der Waals surface area contributed by atoms with Crippen LogP contribution >= 0.6 is 23.2 Å². The molecule has 0 bridgehead atoms. The summed E-state index contributed by atoms with van der Waals surface area (Å²) >= 11 is 11.8. The predicted octanol–water partition coefficient (Wildman–Crippen LogP) is 4.15. The molecule has 0 aliphatic carbocycles. The summed E-state index contributed by atoms with van der Waals surface area (Å²) in [4.78, 5) is 11.6. The summed E-state index contributed by atoms with van der Waals surface area (Å²) in [6.45, 7) is 0.421. The second kappa shape index (κ2) is 8.70. The van der Waals surface area contributed by atoms with Crippen molar-refractivity contribution >= 4 is 29.2 Å². The van der Waals surface area contributed by atoms with Gasteiger partial charge in [-0.15, -0.1) is 0 Å². The molecule has 8 heteroatoms. The predicted molar refractivity (Wildman–Crippen MR) is 88.6 cm³/mol. The van der Waals surface area contributed by atoms with Crippen molar-refractivity contribution in [3.05, 3.63) is 63.6 Å². The molecule has 2 aromatic rings. The molecule has 0 aliphatic rings. The van der Waals surface area contributed by atoms with Crippen molar-refractivity contribution in [1.29, 1.82) is 0 Å². The van der Waals surface area contributed by atoms with Crippen LogP contribution < -0.4 is 15.4 Å². The molecule has 0 aliphatic heterocycles. The van der Waals surface area contributed by atoms with Crippen molar-refractivity contribution in [3.63, 3.8) is 0 Å². The third-order valence-electron chi connectivity index (χ3n) is 2.99. The SMILES string of the molecule is O=C(NCCOc1ccc(F)cc1F)NCc1ccc(Cl)cc1Cl. The Hall–Kier alpha value is -2.05. The molecule has 2 N–H and O–H groups in total. The van der Waals surface area contributed by atoms with Crippen molar-refractivity contribution in [3.8, 4) is 5.75 Å². The highest BCUT2D eigenvalue weighted by molar-refractivity contribution is 6.35. The average molecular weight is 375 g/mol. The lowest BCUT2D eigenvalue weighted by molar-refractivity contribution is 0.235. The van der Waals surface area contributed by atoms with Crippen LogP contribution in [0.4, 0.5) is 13.6 Å². The Bertz CT molecular complexity index is 729. The summed E-state index contributed by atoms with van der Waals surface area (Å²) in [5, 5.41) is 6.13. The molecular formula is C16H14Cl2F2N2O2. The smallest absolute Gasteiger partial charge is 0.315 e. The fourth-order valence-corrected chi connectivity index (χ4v) is 2.30. The lowest BCUT2D eigenvalue weighted by Gasteiger charge is -2.10. The van der Waals surface area contributed by atoms with Gasteiger partial charge in [0.25, 0.3) is 0 Å². The first-order valence-corrected chi connectivity index (χ1v) is 7.75. The van der Waals surface area contributed by atoms with Gasteiger partial charge >= 0.3 is 6.03 Å². The molecule has 4 nitrogen and oxygen atoms in total. The molecule has 24 heavy (non-hydrogen) atoms. The van der Waals surface area contributed by atoms with Crippen molar-refractivity contribution in [1.82, 2.24) is 10.6 Å². The van der Waals surface area contributed by atoms with Gasteiger partial charge in [0.05, 0.1) is 6.54 Å². The van der Waals surface area contributed by atoms with E-state index < -0.39 is 17.7 Å². The van der Waals surface area contributed by atoms with Crippen LogP contribution in [0.3, 0.4) is 0 Å². The van der Waals surface area contributed by atoms with E-state index in [1.807, 2.05) is 0 Å². The van der Waals surface area contributed by atoms with Gasteiger partial charge in [0.15, 0.2) is 11.6 Å². The van der Waals surface area contributed by atoms with Crippen LogP contribution in [0.15, 0.2) is 36.4 Å². The fraction of sp³-hybridized carbons (Fsp3) is 0.188. The molecule has 2 amide bonds. The number of carbonyl (C=O) groups is 1. The van der Waals surface area contributed by atoms with Crippen molar-refractivity contribution in [2.24, 2.45) is 0 Å². The molecule has 0 spiro atoms. The molecular weight excluding hydrogens is 361 g/mol. The third-order valence-corrected chi connectivity index (χ3v) is 3.58. The van der Waals surface area contributed by atoms with Gasteiger partial charge < -0.3 is 15.4 Å². The summed E-state index contributed by atoms with van der Waals surface area (Å²) in [7, 11) is 0. The van der Waals surface area contributed by atoms with Gasteiger partial charge in [-0.3, -0.25) is 0 Å². The Labute approximate surface area is 147 Å². The van der Waals surface area contributed by atoms with Gasteiger partial charge in [-0.05, 0) is 29.8 Å². The third kappa shape index (κ3) is 5.54. The maximum absolute atomic E-state index is 13.3. The topological polar surface area (TPSA) is 50.4 Å². The van der Waals surface area contributed by atoms with E-state index in [9.17, 15) is 13.6 Å². The number of hydrogen-bond acceptors (Lipinski definition) is 2. The van der Waals surface area contributed by atoms with Crippen LogP contribution in [0.1, 0.15) is 5.56 Å². The molecule has 0 radical (unpaired) electrons. The molecule has 0 fully saturated rings. The number of carbonyl (C=O) groups excluding carboxylic acids is 1. The monoisotopic (exact) mass is 374 g/mol. The van der Waals surface area contributed by atoms with Gasteiger partial charge in [-0.1, -0.05) is 29.3 Å². The largest absolute Gasteiger partial charge is 0.489 e. The molecule has 0 aromatic heterocycles. The van der Waals surface area contributed by atoms with Crippen molar-refractivity contribution in [2.75, 3.05) is 13.2 Å². The van der Waals surface area contributed by atoms with Crippen LogP contribution in [-0.4, -0.2) is 19.2 Å². The van der Waals surface area contributed by atoms with Gasteiger partial charge in [-0.2, -0.15) is 0 Å². The van der Waals surface area contributed by atoms with Gasteiger partial charge in [0.1, 0.15) is 12.4 Å². The highest BCUT2D eigenvalue weighted by atomic mass is 35.5. The van der Waals surface area contributed by atoms with E-state index in [2.05, 4.69) is 10.6 Å². The summed E-state index contributed by atoms with van der Waals surface area (Å²) in [6, 6.07) is 7.55. The second-order valence-corrected chi connectivity index (χ2v) is 5.61. The maximum atomic E-state index is 13.3. The molecule has 2 rings (SSSR count). The van der Waals surface area contributed by atoms with E-state index in [1.165, 1.54) is 6.07 Å². The minimum absolute atomic E-state index is 0.0394. The first-order chi connectivity index (χ1) is 11.5. The number of halogens is 4. The van der Waals surface area contributed by atoms with E-state index in [0.717, 1.165) is 17.7 Å². The lowest BCUT2D eigenvalue weighted by Crippen LogP contribution is -2.37. The highest BCUT2D eigenvalue weighted by Crippen LogP contribution is 2.20. The summed E-state index contributed by atoms with van der Waals surface area (Å²) < 4.78 is 31.2. The number of rotatable bonds is 6. The highest BCUT2D eigenvalue weighted by Gasteiger charge is 2.06. The van der Waals surface area contributed by atoms with E-state index in [4.69, 9.17) is 27.9 Å². The second-order valence-electron chi connectivity index (χ2n) is 4.77. The molecule has 0 saturated carbocycles. The molecule has 0 unspecified atom stereocenters. The summed E-state index contributed by atoms with van der Waals surface area (Å²) in [5.74, 6) is -1.55. The molecule has 2 aromatic carbocycles. The van der Waals surface area contributed by atoms with Crippen LogP contribution in [0.5, 0.6) is 5.75 Å². The van der Waals surface area contributed by atoms with E-state index in [0.29, 0.717) is 10.0 Å². The Kier molecular flexibility index (Phi) is 6.63. The number of nitrogens with one attached hydrogen (secondary N) is 2. The summed E-state index contributed by atoms with van der Waals surface area (Å²) in [5.41, 5.74) is 0.723. The normalized spacial score (nSPS) is 10.3. The van der Waals surface area contributed by atoms with Crippen LogP contribution in [0.25, 0.3) is 0 Å².